The van der Waals surface area contributed by atoms with Crippen LogP contribution in [0.5, 0.6) is 0 Å². The molecule has 0 spiro atoms. The Kier molecular flexibility index (Phi) is 2.27. The van der Waals surface area contributed by atoms with Crippen molar-refractivity contribution in [2.75, 3.05) is 0 Å². The van der Waals surface area contributed by atoms with Gasteiger partial charge in [0.25, 0.3) is 0 Å². The summed E-state index contributed by atoms with van der Waals surface area (Å²) in [6.45, 7) is 1.48. The lowest BCUT2D eigenvalue weighted by atomic mass is 10.2. The van der Waals surface area contributed by atoms with Crippen molar-refractivity contribution in [2.24, 2.45) is 0 Å². The third-order valence-electron chi connectivity index (χ3n) is 1.87. The van der Waals surface area contributed by atoms with Crippen molar-refractivity contribution in [3.05, 3.63) is 0 Å². The first-order chi connectivity index (χ1) is 4.70. The molecule has 0 bridgehead atoms. The SMILES string of the molecule is CC(=O)N[C@H]1CCC[C@@H]1O. The Labute approximate surface area is 60.4 Å². The first-order valence-electron chi connectivity index (χ1n) is 3.65. The molecule has 10 heavy (non-hydrogen) atoms. The Balaban J connectivity index is 2.33. The van der Waals surface area contributed by atoms with Gasteiger partial charge in [0.05, 0.1) is 12.1 Å². The van der Waals surface area contributed by atoms with E-state index < -0.39 is 0 Å². The molecule has 0 heterocycles. The Morgan fingerprint density at radius 1 is 1.60 bits per heavy atom. The highest BCUT2D eigenvalue weighted by molar-refractivity contribution is 5.73. The van der Waals surface area contributed by atoms with Crippen LogP contribution in [0.2, 0.25) is 0 Å². The molecule has 1 fully saturated rings. The summed E-state index contributed by atoms with van der Waals surface area (Å²) in [5.41, 5.74) is 0. The van der Waals surface area contributed by atoms with Crippen molar-refractivity contribution >= 4 is 5.91 Å². The van der Waals surface area contributed by atoms with Gasteiger partial charge in [0.1, 0.15) is 0 Å². The van der Waals surface area contributed by atoms with Crippen LogP contribution in [0, 0.1) is 0 Å². The Bertz CT molecular complexity index is 136. The van der Waals surface area contributed by atoms with Gasteiger partial charge >= 0.3 is 0 Å². The van der Waals surface area contributed by atoms with E-state index in [-0.39, 0.29) is 18.1 Å². The Hall–Kier alpha value is -0.570. The van der Waals surface area contributed by atoms with Crippen LogP contribution < -0.4 is 5.32 Å². The van der Waals surface area contributed by atoms with Crippen molar-refractivity contribution in [1.29, 1.82) is 0 Å². The zero-order chi connectivity index (χ0) is 7.56. The first-order valence-corrected chi connectivity index (χ1v) is 3.65. The maximum atomic E-state index is 10.5. The second-order valence-electron chi connectivity index (χ2n) is 2.81. The second kappa shape index (κ2) is 3.01. The van der Waals surface area contributed by atoms with E-state index in [0.29, 0.717) is 0 Å². The van der Waals surface area contributed by atoms with Crippen LogP contribution in [0.3, 0.4) is 0 Å². The molecule has 2 atom stereocenters. The lowest BCUT2D eigenvalue weighted by Crippen LogP contribution is -2.38. The second-order valence-corrected chi connectivity index (χ2v) is 2.81. The van der Waals surface area contributed by atoms with Gasteiger partial charge in [-0.3, -0.25) is 4.79 Å². The summed E-state index contributed by atoms with van der Waals surface area (Å²) in [6.07, 6.45) is 2.45. The van der Waals surface area contributed by atoms with Gasteiger partial charge in [0.15, 0.2) is 0 Å². The van der Waals surface area contributed by atoms with Crippen LogP contribution in [-0.2, 0) is 4.79 Å². The molecule has 0 aromatic heterocycles. The molecular weight excluding hydrogens is 130 g/mol. The number of carbonyl (C=O) groups is 1. The number of hydrogen-bond donors (Lipinski definition) is 2. The lowest BCUT2D eigenvalue weighted by Gasteiger charge is -2.14. The van der Waals surface area contributed by atoms with Crippen molar-refractivity contribution in [3.8, 4) is 0 Å². The topological polar surface area (TPSA) is 49.3 Å². The summed E-state index contributed by atoms with van der Waals surface area (Å²) >= 11 is 0. The number of aliphatic hydroxyl groups is 1. The molecule has 0 unspecified atom stereocenters. The minimum Gasteiger partial charge on any atom is -0.391 e. The summed E-state index contributed by atoms with van der Waals surface area (Å²) in [7, 11) is 0. The van der Waals surface area contributed by atoms with Crippen molar-refractivity contribution in [3.63, 3.8) is 0 Å². The standard InChI is InChI=1S/C7H13NO2/c1-5(9)8-6-3-2-4-7(6)10/h6-7,10H,2-4H2,1H3,(H,8,9)/t6-,7-/m0/s1. The van der Waals surface area contributed by atoms with Crippen LogP contribution in [0.15, 0.2) is 0 Å². The minimum absolute atomic E-state index is 0.0116. The quantitative estimate of drug-likeness (QED) is 0.544. The molecule has 1 aliphatic carbocycles. The van der Waals surface area contributed by atoms with E-state index in [1.165, 1.54) is 6.92 Å². The maximum absolute atomic E-state index is 10.5. The molecular formula is C7H13NO2. The third-order valence-corrected chi connectivity index (χ3v) is 1.87. The molecule has 1 saturated carbocycles. The minimum atomic E-state index is -0.316. The van der Waals surface area contributed by atoms with Gasteiger partial charge in [-0.05, 0) is 19.3 Å². The van der Waals surface area contributed by atoms with Crippen molar-refractivity contribution in [2.45, 2.75) is 38.3 Å². The van der Waals surface area contributed by atoms with Gasteiger partial charge < -0.3 is 10.4 Å². The predicted octanol–water partition coefficient (Wildman–Crippen LogP) is 0.0359. The summed E-state index contributed by atoms with van der Waals surface area (Å²) in [5, 5.41) is 11.9. The molecule has 0 aromatic rings. The van der Waals surface area contributed by atoms with E-state index in [2.05, 4.69) is 5.32 Å². The smallest absolute Gasteiger partial charge is 0.217 e. The number of amides is 1. The zero-order valence-corrected chi connectivity index (χ0v) is 6.13. The number of rotatable bonds is 1. The van der Waals surface area contributed by atoms with E-state index in [9.17, 15) is 9.90 Å². The van der Waals surface area contributed by atoms with Gasteiger partial charge in [-0.15, -0.1) is 0 Å². The fraction of sp³-hybridized carbons (Fsp3) is 0.857. The van der Waals surface area contributed by atoms with E-state index in [0.717, 1.165) is 19.3 Å². The highest BCUT2D eigenvalue weighted by Crippen LogP contribution is 2.18. The fourth-order valence-corrected chi connectivity index (χ4v) is 1.37. The van der Waals surface area contributed by atoms with E-state index >= 15 is 0 Å². The first kappa shape index (κ1) is 7.54. The van der Waals surface area contributed by atoms with Crippen LogP contribution in [0.4, 0.5) is 0 Å². The lowest BCUT2D eigenvalue weighted by molar-refractivity contribution is -0.120. The third kappa shape index (κ3) is 1.70. The number of aliphatic hydroxyl groups excluding tert-OH is 1. The van der Waals surface area contributed by atoms with E-state index in [1.54, 1.807) is 0 Å². The van der Waals surface area contributed by atoms with Gasteiger partial charge in [0.2, 0.25) is 5.91 Å². The normalized spacial score (nSPS) is 32.2. The molecule has 1 rings (SSSR count). The monoisotopic (exact) mass is 143 g/mol. The zero-order valence-electron chi connectivity index (χ0n) is 6.13. The van der Waals surface area contributed by atoms with Gasteiger partial charge in [-0.1, -0.05) is 0 Å². The molecule has 1 amide bonds. The van der Waals surface area contributed by atoms with Crippen molar-refractivity contribution < 1.29 is 9.90 Å². The number of nitrogens with one attached hydrogen (secondary N) is 1. The molecule has 0 aliphatic heterocycles. The van der Waals surface area contributed by atoms with Crippen LogP contribution >= 0.6 is 0 Å². The van der Waals surface area contributed by atoms with Gasteiger partial charge in [-0.25, -0.2) is 0 Å². The number of carbonyl (C=O) groups excluding carboxylic acids is 1. The maximum Gasteiger partial charge on any atom is 0.217 e. The van der Waals surface area contributed by atoms with Crippen LogP contribution in [0.25, 0.3) is 0 Å². The van der Waals surface area contributed by atoms with Gasteiger partial charge in [0, 0.05) is 6.92 Å². The largest absolute Gasteiger partial charge is 0.391 e. The summed E-state index contributed by atoms with van der Waals surface area (Å²) in [6, 6.07) is 0.0116. The van der Waals surface area contributed by atoms with Crippen molar-refractivity contribution in [1.82, 2.24) is 5.32 Å². The molecule has 2 N–H and O–H groups in total. The Morgan fingerprint density at radius 3 is 2.70 bits per heavy atom. The molecule has 0 radical (unpaired) electrons. The average Bonchev–Trinajstić information content (AvgIpc) is 2.15. The Morgan fingerprint density at radius 2 is 2.30 bits per heavy atom. The summed E-state index contributed by atoms with van der Waals surface area (Å²) < 4.78 is 0. The molecule has 0 saturated heterocycles. The predicted molar refractivity (Wildman–Crippen MR) is 37.5 cm³/mol. The number of hydrogen-bond acceptors (Lipinski definition) is 2. The van der Waals surface area contributed by atoms with Crippen LogP contribution in [-0.4, -0.2) is 23.2 Å². The molecule has 3 heteroatoms. The molecule has 58 valence electrons. The summed E-state index contributed by atoms with van der Waals surface area (Å²) in [5.74, 6) is -0.0500. The molecule has 1 aliphatic rings. The highest BCUT2D eigenvalue weighted by atomic mass is 16.3. The van der Waals surface area contributed by atoms with E-state index in [1.807, 2.05) is 0 Å². The molecule has 0 aromatic carbocycles. The van der Waals surface area contributed by atoms with E-state index in [4.69, 9.17) is 0 Å². The van der Waals surface area contributed by atoms with Crippen LogP contribution in [0.1, 0.15) is 26.2 Å². The van der Waals surface area contributed by atoms with Gasteiger partial charge in [-0.2, -0.15) is 0 Å². The average molecular weight is 143 g/mol. The highest BCUT2D eigenvalue weighted by Gasteiger charge is 2.25. The summed E-state index contributed by atoms with van der Waals surface area (Å²) in [4.78, 5) is 10.5. The molecule has 3 nitrogen and oxygen atoms in total. The fourth-order valence-electron chi connectivity index (χ4n) is 1.37.